The Morgan fingerprint density at radius 3 is 2.76 bits per heavy atom. The minimum Gasteiger partial charge on any atom is -0.491 e. The maximum Gasteiger partial charge on any atom is 0.159 e. The lowest BCUT2D eigenvalue weighted by atomic mass is 10.0. The zero-order valence-electron chi connectivity index (χ0n) is 10.4. The fraction of sp³-hybridized carbons (Fsp3) is 0.357. The van der Waals surface area contributed by atoms with Gasteiger partial charge >= 0.3 is 0 Å². The number of hydrogen-bond acceptors (Lipinski definition) is 3. The number of ketones is 1. The van der Waals surface area contributed by atoms with E-state index in [4.69, 9.17) is 9.47 Å². The molecule has 0 unspecified atom stereocenters. The third-order valence-electron chi connectivity index (χ3n) is 2.38. The van der Waals surface area contributed by atoms with Gasteiger partial charge in [0.25, 0.3) is 0 Å². The predicted octanol–water partition coefficient (Wildman–Crippen LogP) is 2.64. The summed E-state index contributed by atoms with van der Waals surface area (Å²) in [6.07, 6.45) is 2.48. The molecule has 0 bridgehead atoms. The Morgan fingerprint density at radius 1 is 1.41 bits per heavy atom. The van der Waals surface area contributed by atoms with Gasteiger partial charge in [0.15, 0.2) is 5.78 Å². The van der Waals surface area contributed by atoms with Crippen LogP contribution in [-0.4, -0.2) is 26.1 Å². The molecule has 0 radical (unpaired) electrons. The van der Waals surface area contributed by atoms with Crippen LogP contribution < -0.4 is 4.74 Å². The van der Waals surface area contributed by atoms with Crippen molar-refractivity contribution in [3.63, 3.8) is 0 Å². The van der Waals surface area contributed by atoms with Crippen LogP contribution in [0.2, 0.25) is 0 Å². The lowest BCUT2D eigenvalue weighted by molar-refractivity contribution is 0.101. The normalized spacial score (nSPS) is 10.0. The highest BCUT2D eigenvalue weighted by Crippen LogP contribution is 2.21. The second kappa shape index (κ2) is 6.86. The van der Waals surface area contributed by atoms with Gasteiger partial charge < -0.3 is 9.47 Å². The zero-order valence-corrected chi connectivity index (χ0v) is 10.4. The molecule has 0 saturated heterocycles. The summed E-state index contributed by atoms with van der Waals surface area (Å²) in [5.41, 5.74) is 1.67. The van der Waals surface area contributed by atoms with Gasteiger partial charge in [-0.15, -0.1) is 6.58 Å². The van der Waals surface area contributed by atoms with Gasteiger partial charge in [-0.3, -0.25) is 4.79 Å². The molecular weight excluding hydrogens is 216 g/mol. The average Bonchev–Trinajstić information content (AvgIpc) is 2.31. The predicted molar refractivity (Wildman–Crippen MR) is 67.7 cm³/mol. The third-order valence-corrected chi connectivity index (χ3v) is 2.38. The molecule has 92 valence electrons. The number of Topliss-reactive ketones (excluding diaryl/α,β-unsaturated/α-hetero) is 1. The van der Waals surface area contributed by atoms with Gasteiger partial charge in [0.1, 0.15) is 12.4 Å². The Bertz CT molecular complexity index is 396. The third kappa shape index (κ3) is 4.04. The SMILES string of the molecule is C=CCc1cc(C(C)=O)ccc1OCCOC. The molecule has 1 aromatic rings. The van der Waals surface area contributed by atoms with Crippen molar-refractivity contribution in [3.05, 3.63) is 42.0 Å². The van der Waals surface area contributed by atoms with Crippen LogP contribution in [0.3, 0.4) is 0 Å². The summed E-state index contributed by atoms with van der Waals surface area (Å²) in [5.74, 6) is 0.839. The molecule has 0 saturated carbocycles. The minimum atomic E-state index is 0.0544. The van der Waals surface area contributed by atoms with E-state index < -0.39 is 0 Å². The molecule has 0 spiro atoms. The van der Waals surface area contributed by atoms with Crippen molar-refractivity contribution in [3.8, 4) is 5.75 Å². The van der Waals surface area contributed by atoms with Gasteiger partial charge in [0.2, 0.25) is 0 Å². The summed E-state index contributed by atoms with van der Waals surface area (Å²) < 4.78 is 10.5. The Labute approximate surface area is 102 Å². The first kappa shape index (κ1) is 13.5. The second-order valence-corrected chi connectivity index (χ2v) is 3.71. The monoisotopic (exact) mass is 234 g/mol. The fourth-order valence-corrected chi connectivity index (χ4v) is 1.49. The molecule has 0 amide bonds. The minimum absolute atomic E-state index is 0.0544. The summed E-state index contributed by atoms with van der Waals surface area (Å²) in [4.78, 5) is 11.3. The van der Waals surface area contributed by atoms with Gasteiger partial charge in [0.05, 0.1) is 6.61 Å². The lowest BCUT2D eigenvalue weighted by Gasteiger charge is -2.11. The summed E-state index contributed by atoms with van der Waals surface area (Å²) in [6, 6.07) is 5.45. The first-order valence-electron chi connectivity index (χ1n) is 5.55. The summed E-state index contributed by atoms with van der Waals surface area (Å²) in [6.45, 7) is 6.30. The fourth-order valence-electron chi connectivity index (χ4n) is 1.49. The van der Waals surface area contributed by atoms with Gasteiger partial charge in [-0.1, -0.05) is 6.08 Å². The number of carbonyl (C=O) groups excluding carboxylic acids is 1. The number of ether oxygens (including phenoxy) is 2. The van der Waals surface area contributed by atoms with Crippen LogP contribution in [0.1, 0.15) is 22.8 Å². The van der Waals surface area contributed by atoms with Crippen molar-refractivity contribution in [2.45, 2.75) is 13.3 Å². The largest absolute Gasteiger partial charge is 0.491 e. The van der Waals surface area contributed by atoms with Crippen molar-refractivity contribution >= 4 is 5.78 Å². The molecule has 0 aliphatic carbocycles. The Kier molecular flexibility index (Phi) is 5.43. The highest BCUT2D eigenvalue weighted by atomic mass is 16.5. The highest BCUT2D eigenvalue weighted by molar-refractivity contribution is 5.94. The molecular formula is C14H18O3. The summed E-state index contributed by atoms with van der Waals surface area (Å²) >= 11 is 0. The van der Waals surface area contributed by atoms with Crippen molar-refractivity contribution in [1.29, 1.82) is 0 Å². The van der Waals surface area contributed by atoms with E-state index in [9.17, 15) is 4.79 Å². The second-order valence-electron chi connectivity index (χ2n) is 3.71. The van der Waals surface area contributed by atoms with Crippen LogP contribution in [-0.2, 0) is 11.2 Å². The van der Waals surface area contributed by atoms with E-state index in [1.165, 1.54) is 0 Å². The van der Waals surface area contributed by atoms with Crippen LogP contribution in [0.4, 0.5) is 0 Å². The number of hydrogen-bond donors (Lipinski definition) is 0. The number of rotatable bonds is 7. The van der Waals surface area contributed by atoms with Crippen molar-refractivity contribution < 1.29 is 14.3 Å². The highest BCUT2D eigenvalue weighted by Gasteiger charge is 2.06. The van der Waals surface area contributed by atoms with Crippen LogP contribution in [0, 0.1) is 0 Å². The van der Waals surface area contributed by atoms with Gasteiger partial charge in [-0.2, -0.15) is 0 Å². The molecule has 0 atom stereocenters. The van der Waals surface area contributed by atoms with Crippen molar-refractivity contribution in [2.24, 2.45) is 0 Å². The molecule has 17 heavy (non-hydrogen) atoms. The Balaban J connectivity index is 2.87. The Hall–Kier alpha value is -1.61. The van der Waals surface area contributed by atoms with Gasteiger partial charge in [-0.05, 0) is 37.1 Å². The van der Waals surface area contributed by atoms with E-state index in [1.807, 2.05) is 12.1 Å². The lowest BCUT2D eigenvalue weighted by Crippen LogP contribution is -2.06. The van der Waals surface area contributed by atoms with E-state index in [0.717, 1.165) is 11.3 Å². The molecule has 0 aliphatic heterocycles. The number of carbonyl (C=O) groups is 1. The maximum atomic E-state index is 11.3. The molecule has 0 N–H and O–H groups in total. The first-order chi connectivity index (χ1) is 8.19. The topological polar surface area (TPSA) is 35.5 Å². The molecule has 0 fully saturated rings. The average molecular weight is 234 g/mol. The van der Waals surface area contributed by atoms with Crippen LogP contribution in [0.5, 0.6) is 5.75 Å². The van der Waals surface area contributed by atoms with Crippen LogP contribution >= 0.6 is 0 Å². The van der Waals surface area contributed by atoms with E-state index >= 15 is 0 Å². The van der Waals surface area contributed by atoms with Gasteiger partial charge in [-0.25, -0.2) is 0 Å². The summed E-state index contributed by atoms with van der Waals surface area (Å²) in [5, 5.41) is 0. The molecule has 0 aliphatic rings. The zero-order chi connectivity index (χ0) is 12.7. The molecule has 3 nitrogen and oxygen atoms in total. The van der Waals surface area contributed by atoms with E-state index in [0.29, 0.717) is 25.2 Å². The van der Waals surface area contributed by atoms with E-state index in [1.54, 1.807) is 26.2 Å². The Morgan fingerprint density at radius 2 is 2.18 bits per heavy atom. The molecule has 0 heterocycles. The standard InChI is InChI=1S/C14H18O3/c1-4-5-13-10-12(11(2)15)6-7-14(13)17-9-8-16-3/h4,6-7,10H,1,5,8-9H2,2-3H3. The molecule has 3 heteroatoms. The number of allylic oxidation sites excluding steroid dienone is 1. The molecule has 0 aromatic heterocycles. The smallest absolute Gasteiger partial charge is 0.159 e. The summed E-state index contributed by atoms with van der Waals surface area (Å²) in [7, 11) is 1.63. The van der Waals surface area contributed by atoms with E-state index in [2.05, 4.69) is 6.58 Å². The van der Waals surface area contributed by atoms with Crippen molar-refractivity contribution in [2.75, 3.05) is 20.3 Å². The van der Waals surface area contributed by atoms with Crippen LogP contribution in [0.25, 0.3) is 0 Å². The first-order valence-corrected chi connectivity index (χ1v) is 5.55. The number of methoxy groups -OCH3 is 1. The maximum absolute atomic E-state index is 11.3. The molecule has 1 rings (SSSR count). The number of benzene rings is 1. The van der Waals surface area contributed by atoms with Crippen LogP contribution in [0.15, 0.2) is 30.9 Å². The van der Waals surface area contributed by atoms with Crippen molar-refractivity contribution in [1.82, 2.24) is 0 Å². The van der Waals surface area contributed by atoms with E-state index in [-0.39, 0.29) is 5.78 Å². The quantitative estimate of drug-likeness (QED) is 0.413. The molecule has 1 aromatic carbocycles. The van der Waals surface area contributed by atoms with Gasteiger partial charge in [0, 0.05) is 12.7 Å².